The second-order valence-electron chi connectivity index (χ2n) is 6.82. The number of piperazine rings is 1. The van der Waals surface area contributed by atoms with E-state index in [0.717, 1.165) is 12.8 Å². The van der Waals surface area contributed by atoms with Gasteiger partial charge in [-0.25, -0.2) is 4.79 Å². The van der Waals surface area contributed by atoms with Crippen molar-refractivity contribution >= 4 is 12.0 Å². The number of allylic oxidation sites excluding steroid dienone is 2. The van der Waals surface area contributed by atoms with E-state index in [1.165, 1.54) is 0 Å². The molecule has 0 radical (unpaired) electrons. The normalized spacial score (nSPS) is 22.5. The number of ether oxygens (including phenoxy) is 1. The summed E-state index contributed by atoms with van der Waals surface area (Å²) < 4.78 is 5.35. The third-order valence-corrected chi connectivity index (χ3v) is 3.83. The van der Waals surface area contributed by atoms with E-state index in [4.69, 9.17) is 4.74 Å². The molecule has 1 fully saturated rings. The molecule has 1 unspecified atom stereocenters. The van der Waals surface area contributed by atoms with Gasteiger partial charge in [-0.1, -0.05) is 12.2 Å². The highest BCUT2D eigenvalue weighted by Gasteiger charge is 2.28. The number of amides is 2. The van der Waals surface area contributed by atoms with Crippen LogP contribution in [0, 0.1) is 5.92 Å². The summed E-state index contributed by atoms with van der Waals surface area (Å²) in [7, 11) is 0. The summed E-state index contributed by atoms with van der Waals surface area (Å²) in [4.78, 5) is 27.7. The predicted octanol–water partition coefficient (Wildman–Crippen LogP) is 2.42. The first kappa shape index (κ1) is 15.9. The molecule has 2 amide bonds. The van der Waals surface area contributed by atoms with Crippen molar-refractivity contribution in [1.82, 2.24) is 9.80 Å². The smallest absolute Gasteiger partial charge is 0.410 e. The number of nitrogens with zero attached hydrogens (tertiary/aromatic N) is 2. The van der Waals surface area contributed by atoms with Crippen LogP contribution in [0.15, 0.2) is 12.2 Å². The van der Waals surface area contributed by atoms with Gasteiger partial charge in [-0.15, -0.1) is 0 Å². The molecule has 1 atom stereocenters. The van der Waals surface area contributed by atoms with Crippen LogP contribution in [0.5, 0.6) is 0 Å². The molecule has 1 aliphatic heterocycles. The van der Waals surface area contributed by atoms with E-state index >= 15 is 0 Å². The summed E-state index contributed by atoms with van der Waals surface area (Å²) in [6.45, 7) is 7.91. The van der Waals surface area contributed by atoms with Crippen LogP contribution in [0.2, 0.25) is 0 Å². The van der Waals surface area contributed by atoms with Crippen LogP contribution in [0.3, 0.4) is 0 Å². The molecule has 0 aromatic carbocycles. The van der Waals surface area contributed by atoms with Crippen molar-refractivity contribution in [2.75, 3.05) is 26.2 Å². The molecule has 1 saturated heterocycles. The lowest BCUT2D eigenvalue weighted by Gasteiger charge is -2.36. The van der Waals surface area contributed by atoms with E-state index in [0.29, 0.717) is 38.5 Å². The summed E-state index contributed by atoms with van der Waals surface area (Å²) in [5.74, 6) is 0.608. The Morgan fingerprint density at radius 3 is 2.29 bits per heavy atom. The minimum atomic E-state index is -0.473. The fourth-order valence-electron chi connectivity index (χ4n) is 2.68. The standard InChI is InChI=1S/C16H26N2O3/c1-16(2,3)21-15(20)18-10-8-17(9-11-18)14(19)12-13-6-4-5-7-13/h4,6,13H,5,7-12H2,1-3H3. The van der Waals surface area contributed by atoms with E-state index in [1.54, 1.807) is 4.90 Å². The van der Waals surface area contributed by atoms with Gasteiger partial charge in [0, 0.05) is 32.6 Å². The summed E-state index contributed by atoms with van der Waals surface area (Å²) in [5.41, 5.74) is -0.473. The first-order valence-corrected chi connectivity index (χ1v) is 7.77. The molecule has 5 heteroatoms. The third kappa shape index (κ3) is 4.76. The molecule has 118 valence electrons. The maximum atomic E-state index is 12.2. The van der Waals surface area contributed by atoms with Gasteiger partial charge in [-0.2, -0.15) is 0 Å². The van der Waals surface area contributed by atoms with Gasteiger partial charge in [0.1, 0.15) is 5.60 Å². The van der Waals surface area contributed by atoms with Crippen molar-refractivity contribution in [3.63, 3.8) is 0 Å². The minimum Gasteiger partial charge on any atom is -0.444 e. The molecule has 0 aromatic rings. The average Bonchev–Trinajstić information content (AvgIpc) is 2.90. The molecule has 1 heterocycles. The molecular formula is C16H26N2O3. The molecule has 0 aromatic heterocycles. The molecule has 21 heavy (non-hydrogen) atoms. The molecule has 0 spiro atoms. The first-order chi connectivity index (χ1) is 9.85. The van der Waals surface area contributed by atoms with Gasteiger partial charge in [0.15, 0.2) is 0 Å². The molecule has 0 N–H and O–H groups in total. The van der Waals surface area contributed by atoms with Crippen LogP contribution in [-0.4, -0.2) is 53.6 Å². The van der Waals surface area contributed by atoms with Gasteiger partial charge >= 0.3 is 6.09 Å². The van der Waals surface area contributed by atoms with Crippen molar-refractivity contribution in [2.24, 2.45) is 5.92 Å². The molecule has 0 saturated carbocycles. The Morgan fingerprint density at radius 2 is 1.76 bits per heavy atom. The van der Waals surface area contributed by atoms with Crippen molar-refractivity contribution in [3.05, 3.63) is 12.2 Å². The zero-order valence-electron chi connectivity index (χ0n) is 13.3. The molecule has 1 aliphatic carbocycles. The van der Waals surface area contributed by atoms with E-state index in [1.807, 2.05) is 25.7 Å². The zero-order chi connectivity index (χ0) is 15.5. The quantitative estimate of drug-likeness (QED) is 0.735. The average molecular weight is 294 g/mol. The molecule has 0 bridgehead atoms. The predicted molar refractivity (Wildman–Crippen MR) is 80.9 cm³/mol. The summed E-state index contributed by atoms with van der Waals surface area (Å²) in [6.07, 6.45) is 6.79. The van der Waals surface area contributed by atoms with Crippen LogP contribution >= 0.6 is 0 Å². The fraction of sp³-hybridized carbons (Fsp3) is 0.750. The van der Waals surface area contributed by atoms with Gasteiger partial charge in [0.05, 0.1) is 0 Å². The van der Waals surface area contributed by atoms with Crippen molar-refractivity contribution in [1.29, 1.82) is 0 Å². The lowest BCUT2D eigenvalue weighted by Crippen LogP contribution is -2.51. The van der Waals surface area contributed by atoms with Crippen molar-refractivity contribution in [2.45, 2.75) is 45.6 Å². The highest BCUT2D eigenvalue weighted by molar-refractivity contribution is 5.77. The first-order valence-electron chi connectivity index (χ1n) is 7.77. The number of carbonyl (C=O) groups excluding carboxylic acids is 2. The maximum Gasteiger partial charge on any atom is 0.410 e. The largest absolute Gasteiger partial charge is 0.444 e. The number of carbonyl (C=O) groups is 2. The topological polar surface area (TPSA) is 49.9 Å². The van der Waals surface area contributed by atoms with Crippen molar-refractivity contribution in [3.8, 4) is 0 Å². The fourth-order valence-corrected chi connectivity index (χ4v) is 2.68. The molecular weight excluding hydrogens is 268 g/mol. The van der Waals surface area contributed by atoms with Gasteiger partial charge in [-0.3, -0.25) is 4.79 Å². The zero-order valence-corrected chi connectivity index (χ0v) is 13.3. The Hall–Kier alpha value is -1.52. The summed E-state index contributed by atoms with van der Waals surface area (Å²) >= 11 is 0. The van der Waals surface area contributed by atoms with Crippen LogP contribution in [0.25, 0.3) is 0 Å². The highest BCUT2D eigenvalue weighted by atomic mass is 16.6. The second-order valence-corrected chi connectivity index (χ2v) is 6.82. The van der Waals surface area contributed by atoms with Crippen molar-refractivity contribution < 1.29 is 14.3 Å². The highest BCUT2D eigenvalue weighted by Crippen LogP contribution is 2.21. The van der Waals surface area contributed by atoms with Gasteiger partial charge in [0.2, 0.25) is 5.91 Å². The second kappa shape index (κ2) is 6.50. The van der Waals surface area contributed by atoms with Crippen LogP contribution in [0.1, 0.15) is 40.0 Å². The van der Waals surface area contributed by atoms with E-state index in [-0.39, 0.29) is 12.0 Å². The Labute approximate surface area is 126 Å². The number of rotatable bonds is 2. The van der Waals surface area contributed by atoms with Crippen LogP contribution < -0.4 is 0 Å². The summed E-state index contributed by atoms with van der Waals surface area (Å²) in [6, 6.07) is 0. The monoisotopic (exact) mass is 294 g/mol. The summed E-state index contributed by atoms with van der Waals surface area (Å²) in [5, 5.41) is 0. The lowest BCUT2D eigenvalue weighted by atomic mass is 10.0. The van der Waals surface area contributed by atoms with Gasteiger partial charge in [-0.05, 0) is 39.5 Å². The molecule has 2 aliphatic rings. The Kier molecular flexibility index (Phi) is 4.91. The van der Waals surface area contributed by atoms with Gasteiger partial charge < -0.3 is 14.5 Å². The van der Waals surface area contributed by atoms with E-state index in [2.05, 4.69) is 12.2 Å². The minimum absolute atomic E-state index is 0.204. The number of hydrogen-bond donors (Lipinski definition) is 0. The molecule has 2 rings (SSSR count). The van der Waals surface area contributed by atoms with E-state index < -0.39 is 5.60 Å². The Morgan fingerprint density at radius 1 is 1.14 bits per heavy atom. The van der Waals surface area contributed by atoms with Crippen LogP contribution in [-0.2, 0) is 9.53 Å². The van der Waals surface area contributed by atoms with Gasteiger partial charge in [0.25, 0.3) is 0 Å². The SMILES string of the molecule is CC(C)(C)OC(=O)N1CCN(C(=O)CC2C=CCC2)CC1. The number of hydrogen-bond acceptors (Lipinski definition) is 3. The van der Waals surface area contributed by atoms with Crippen LogP contribution in [0.4, 0.5) is 4.79 Å². The third-order valence-electron chi connectivity index (χ3n) is 3.83. The van der Waals surface area contributed by atoms with E-state index in [9.17, 15) is 9.59 Å². The maximum absolute atomic E-state index is 12.2. The Balaban J connectivity index is 1.76. The Bertz CT molecular complexity index is 418. The molecule has 5 nitrogen and oxygen atoms in total. The lowest BCUT2D eigenvalue weighted by molar-refractivity contribution is -0.133.